The van der Waals surface area contributed by atoms with Crippen molar-refractivity contribution in [3.63, 3.8) is 0 Å². The van der Waals surface area contributed by atoms with Gasteiger partial charge in [-0.2, -0.15) is 0 Å². The van der Waals surface area contributed by atoms with Crippen molar-refractivity contribution in [3.8, 4) is 0 Å². The molecule has 0 aromatic heterocycles. The predicted molar refractivity (Wildman–Crippen MR) is 37.7 cm³/mol. The van der Waals surface area contributed by atoms with Crippen LogP contribution in [0.25, 0.3) is 0 Å². The molecule has 0 unspecified atom stereocenters. The molecule has 0 bridgehead atoms. The van der Waals surface area contributed by atoms with Gasteiger partial charge in [-0.3, -0.25) is 0 Å². The summed E-state index contributed by atoms with van der Waals surface area (Å²) in [5.41, 5.74) is 0. The third-order valence-electron chi connectivity index (χ3n) is 1.29. The van der Waals surface area contributed by atoms with Gasteiger partial charge in [0.1, 0.15) is 0 Å². The summed E-state index contributed by atoms with van der Waals surface area (Å²) in [5.74, 6) is 0. The fourth-order valence-corrected chi connectivity index (χ4v) is 1.24. The molecule has 8 heavy (non-hydrogen) atoms. The van der Waals surface area contributed by atoms with Crippen molar-refractivity contribution in [3.05, 3.63) is 0 Å². The first-order valence-corrected chi connectivity index (χ1v) is 3.72. The Morgan fingerprint density at radius 2 is 2.25 bits per heavy atom. The molecule has 1 saturated heterocycles. The van der Waals surface area contributed by atoms with Crippen molar-refractivity contribution < 1.29 is 0 Å². The van der Waals surface area contributed by atoms with Gasteiger partial charge in [-0.25, -0.2) is 3.93 Å². The van der Waals surface area contributed by atoms with Crippen LogP contribution in [0.5, 0.6) is 0 Å². The van der Waals surface area contributed by atoms with Crippen molar-refractivity contribution in [2.75, 3.05) is 19.8 Å². The zero-order valence-electron chi connectivity index (χ0n) is 4.86. The minimum Gasteiger partial charge on any atom is -0.304 e. The maximum atomic E-state index is 3.41. The van der Waals surface area contributed by atoms with E-state index in [4.69, 9.17) is 0 Å². The molecule has 1 rings (SSSR count). The second-order valence-corrected chi connectivity index (χ2v) is 3.05. The Morgan fingerprint density at radius 1 is 1.38 bits per heavy atom. The first-order chi connectivity index (χ1) is 3.89. The van der Waals surface area contributed by atoms with E-state index < -0.39 is 0 Å². The van der Waals surface area contributed by atoms with E-state index in [2.05, 4.69) is 25.4 Å². The van der Waals surface area contributed by atoms with Crippen molar-refractivity contribution in [2.24, 2.45) is 0 Å². The van der Waals surface area contributed by atoms with Gasteiger partial charge in [0, 0.05) is 22.7 Å². The third kappa shape index (κ3) is 2.11. The van der Waals surface area contributed by atoms with Crippen LogP contribution in [0.3, 0.4) is 0 Å². The Bertz CT molecular complexity index is 59.4. The molecule has 1 N–H and O–H groups in total. The van der Waals surface area contributed by atoms with Crippen LogP contribution in [0.15, 0.2) is 0 Å². The Morgan fingerprint density at radius 3 is 3.12 bits per heavy atom. The minimum atomic E-state index is 0.986. The summed E-state index contributed by atoms with van der Waals surface area (Å²) in [4.78, 5) is 0. The van der Waals surface area contributed by atoms with Gasteiger partial charge in [0.05, 0.1) is 6.67 Å². The van der Waals surface area contributed by atoms with Gasteiger partial charge >= 0.3 is 0 Å². The molecule has 48 valence electrons. The summed E-state index contributed by atoms with van der Waals surface area (Å²) in [6.45, 7) is 3.33. The molecule has 0 spiro atoms. The van der Waals surface area contributed by atoms with Crippen LogP contribution in [-0.4, -0.2) is 23.7 Å². The first kappa shape index (κ1) is 6.52. The summed E-state index contributed by atoms with van der Waals surface area (Å²) in [6.07, 6.45) is 2.61. The van der Waals surface area contributed by atoms with Crippen molar-refractivity contribution in [2.45, 2.75) is 12.8 Å². The number of nitrogens with zero attached hydrogens (tertiary/aromatic N) is 1. The standard InChI is InChI=1S/C5H11BrN2/c6-8-4-2-1-3-7-5-8/h7H,1-5H2. The van der Waals surface area contributed by atoms with Crippen LogP contribution in [0.1, 0.15) is 12.8 Å². The molecule has 3 heteroatoms. The van der Waals surface area contributed by atoms with Crippen molar-refractivity contribution in [1.82, 2.24) is 9.24 Å². The average Bonchev–Trinajstić information content (AvgIpc) is 1.94. The highest BCUT2D eigenvalue weighted by Crippen LogP contribution is 2.02. The van der Waals surface area contributed by atoms with Crippen LogP contribution >= 0.6 is 16.1 Å². The topological polar surface area (TPSA) is 15.3 Å². The largest absolute Gasteiger partial charge is 0.304 e. The van der Waals surface area contributed by atoms with Crippen LogP contribution in [0, 0.1) is 0 Å². The molecule has 1 heterocycles. The highest BCUT2D eigenvalue weighted by Gasteiger charge is 2.02. The summed E-state index contributed by atoms with van der Waals surface area (Å²) >= 11 is 3.41. The number of hydrogen-bond acceptors (Lipinski definition) is 2. The molecule has 1 aliphatic rings. The molecular formula is C5H11BrN2. The molecule has 0 atom stereocenters. The fourth-order valence-electron chi connectivity index (χ4n) is 0.813. The van der Waals surface area contributed by atoms with Crippen molar-refractivity contribution >= 4 is 16.1 Å². The van der Waals surface area contributed by atoms with Gasteiger partial charge in [0.2, 0.25) is 0 Å². The predicted octanol–water partition coefficient (Wildman–Crippen LogP) is 0.939. The van der Waals surface area contributed by atoms with E-state index >= 15 is 0 Å². The average molecular weight is 179 g/mol. The van der Waals surface area contributed by atoms with E-state index in [1.165, 1.54) is 25.9 Å². The molecule has 0 aromatic carbocycles. The zero-order valence-corrected chi connectivity index (χ0v) is 6.45. The molecular weight excluding hydrogens is 168 g/mol. The van der Waals surface area contributed by atoms with Crippen molar-refractivity contribution in [1.29, 1.82) is 0 Å². The molecule has 2 nitrogen and oxygen atoms in total. The Labute approximate surface area is 58.6 Å². The van der Waals surface area contributed by atoms with Gasteiger partial charge in [-0.1, -0.05) is 0 Å². The number of halogens is 1. The van der Waals surface area contributed by atoms with Gasteiger partial charge in [-0.05, 0) is 19.4 Å². The molecule has 0 amide bonds. The highest BCUT2D eigenvalue weighted by atomic mass is 79.9. The lowest BCUT2D eigenvalue weighted by molar-refractivity contribution is 0.480. The SMILES string of the molecule is BrN1CCCCNC1. The molecule has 1 fully saturated rings. The van der Waals surface area contributed by atoms with Crippen LogP contribution in [-0.2, 0) is 0 Å². The van der Waals surface area contributed by atoms with E-state index in [-0.39, 0.29) is 0 Å². The summed E-state index contributed by atoms with van der Waals surface area (Å²) in [6, 6.07) is 0. The monoisotopic (exact) mass is 178 g/mol. The Kier molecular flexibility index (Phi) is 2.80. The second kappa shape index (κ2) is 3.43. The first-order valence-electron chi connectivity index (χ1n) is 3.01. The van der Waals surface area contributed by atoms with Crippen LogP contribution in [0.2, 0.25) is 0 Å². The summed E-state index contributed by atoms with van der Waals surface area (Å²) in [7, 11) is 0. The number of hydrogen-bond donors (Lipinski definition) is 1. The number of rotatable bonds is 0. The molecule has 0 radical (unpaired) electrons. The van der Waals surface area contributed by atoms with Crippen LogP contribution < -0.4 is 5.32 Å². The van der Waals surface area contributed by atoms with E-state index in [1.54, 1.807) is 0 Å². The summed E-state index contributed by atoms with van der Waals surface area (Å²) in [5, 5.41) is 3.28. The molecule has 1 aliphatic heterocycles. The lowest BCUT2D eigenvalue weighted by atomic mass is 10.3. The molecule has 0 aliphatic carbocycles. The molecule has 0 aromatic rings. The maximum absolute atomic E-state index is 3.41. The van der Waals surface area contributed by atoms with E-state index in [9.17, 15) is 0 Å². The number of nitrogens with one attached hydrogen (secondary N) is 1. The van der Waals surface area contributed by atoms with E-state index in [0.717, 1.165) is 6.67 Å². The maximum Gasteiger partial charge on any atom is 0.0584 e. The quantitative estimate of drug-likeness (QED) is 0.556. The van der Waals surface area contributed by atoms with Gasteiger partial charge in [-0.15, -0.1) is 0 Å². The van der Waals surface area contributed by atoms with E-state index in [0.29, 0.717) is 0 Å². The minimum absolute atomic E-state index is 0.986. The zero-order chi connectivity index (χ0) is 5.82. The van der Waals surface area contributed by atoms with Gasteiger partial charge in [0.15, 0.2) is 0 Å². The Hall–Kier alpha value is 0.400. The summed E-state index contributed by atoms with van der Waals surface area (Å²) < 4.78 is 2.12. The highest BCUT2D eigenvalue weighted by molar-refractivity contribution is 9.07. The van der Waals surface area contributed by atoms with Crippen LogP contribution in [0.4, 0.5) is 0 Å². The van der Waals surface area contributed by atoms with Gasteiger partial charge in [0.25, 0.3) is 0 Å². The lowest BCUT2D eigenvalue weighted by Gasteiger charge is -2.07. The smallest absolute Gasteiger partial charge is 0.0584 e. The normalized spacial score (nSPS) is 25.1. The third-order valence-corrected chi connectivity index (χ3v) is 1.89. The van der Waals surface area contributed by atoms with E-state index in [1.807, 2.05) is 0 Å². The second-order valence-electron chi connectivity index (χ2n) is 2.05. The Balaban J connectivity index is 2.17. The molecule has 0 saturated carbocycles. The van der Waals surface area contributed by atoms with Gasteiger partial charge < -0.3 is 5.32 Å². The fraction of sp³-hybridized carbons (Fsp3) is 1.00. The lowest BCUT2D eigenvalue weighted by Crippen LogP contribution is -2.24.